The molecule has 4 rings (SSSR count). The molecule has 1 N–H and O–H groups in total. The lowest BCUT2D eigenvalue weighted by Gasteiger charge is -2.16. The number of ether oxygens (including phenoxy) is 1. The van der Waals surface area contributed by atoms with Gasteiger partial charge < -0.3 is 10.1 Å². The van der Waals surface area contributed by atoms with Gasteiger partial charge in [0, 0.05) is 11.8 Å². The number of carbonyl (C=O) groups is 2. The Labute approximate surface area is 188 Å². The molecule has 0 atom stereocenters. The summed E-state index contributed by atoms with van der Waals surface area (Å²) in [5.41, 5.74) is 6.91. The van der Waals surface area contributed by atoms with Crippen LogP contribution in [0.1, 0.15) is 27.8 Å². The lowest BCUT2D eigenvalue weighted by Crippen LogP contribution is -2.32. The number of aryl methyl sites for hydroxylation is 4. The first-order chi connectivity index (χ1) is 15.3. The number of imide groups is 1. The standard InChI is InChI=1S/C27H26N2O3/c1-16-9-12-23(19(4)13-16)28-25-24(20-11-10-17(2)18(3)14-20)26(30)29(27(25)31)21-7-6-8-22(15-21)32-5/h6-15,28H,1-5H3. The minimum absolute atomic E-state index is 0.271. The topological polar surface area (TPSA) is 58.6 Å². The average Bonchev–Trinajstić information content (AvgIpc) is 3.01. The number of rotatable bonds is 5. The van der Waals surface area contributed by atoms with Crippen LogP contribution in [0, 0.1) is 27.7 Å². The molecule has 5 heteroatoms. The van der Waals surface area contributed by atoms with E-state index < -0.39 is 5.91 Å². The molecule has 2 amide bonds. The Morgan fingerprint density at radius 2 is 1.56 bits per heavy atom. The number of hydrogen-bond acceptors (Lipinski definition) is 4. The zero-order chi connectivity index (χ0) is 23.0. The van der Waals surface area contributed by atoms with Crippen LogP contribution in [0.5, 0.6) is 5.75 Å². The minimum Gasteiger partial charge on any atom is -0.497 e. The van der Waals surface area contributed by atoms with E-state index in [9.17, 15) is 9.59 Å². The molecule has 32 heavy (non-hydrogen) atoms. The van der Waals surface area contributed by atoms with Gasteiger partial charge in [-0.15, -0.1) is 0 Å². The van der Waals surface area contributed by atoms with Crippen LogP contribution in [-0.2, 0) is 9.59 Å². The summed E-state index contributed by atoms with van der Waals surface area (Å²) in [6.07, 6.45) is 0. The first kappa shape index (κ1) is 21.4. The van der Waals surface area contributed by atoms with Crippen LogP contribution in [-0.4, -0.2) is 18.9 Å². The second-order valence-electron chi connectivity index (χ2n) is 8.14. The quantitative estimate of drug-likeness (QED) is 0.561. The van der Waals surface area contributed by atoms with Crippen molar-refractivity contribution >= 4 is 28.8 Å². The van der Waals surface area contributed by atoms with Gasteiger partial charge in [-0.1, -0.05) is 42.0 Å². The van der Waals surface area contributed by atoms with Crippen LogP contribution < -0.4 is 15.0 Å². The summed E-state index contributed by atoms with van der Waals surface area (Å²) in [5.74, 6) is -0.179. The summed E-state index contributed by atoms with van der Waals surface area (Å²) in [6.45, 7) is 8.02. The van der Waals surface area contributed by atoms with Crippen molar-refractivity contribution in [3.8, 4) is 5.75 Å². The average molecular weight is 427 g/mol. The smallest absolute Gasteiger partial charge is 0.282 e. The maximum atomic E-state index is 13.6. The third-order valence-corrected chi connectivity index (χ3v) is 5.83. The van der Waals surface area contributed by atoms with Crippen LogP contribution in [0.4, 0.5) is 11.4 Å². The van der Waals surface area contributed by atoms with Gasteiger partial charge in [-0.05, 0) is 68.1 Å². The molecule has 5 nitrogen and oxygen atoms in total. The molecule has 1 aliphatic heterocycles. The highest BCUT2D eigenvalue weighted by molar-refractivity contribution is 6.46. The predicted octanol–water partition coefficient (Wildman–Crippen LogP) is 5.33. The fourth-order valence-corrected chi connectivity index (χ4v) is 3.88. The van der Waals surface area contributed by atoms with Gasteiger partial charge >= 0.3 is 0 Å². The van der Waals surface area contributed by atoms with Gasteiger partial charge in [0.25, 0.3) is 11.8 Å². The Morgan fingerprint density at radius 3 is 2.25 bits per heavy atom. The van der Waals surface area contributed by atoms with Crippen molar-refractivity contribution in [2.75, 3.05) is 17.3 Å². The van der Waals surface area contributed by atoms with Crippen molar-refractivity contribution in [2.45, 2.75) is 27.7 Å². The van der Waals surface area contributed by atoms with E-state index in [4.69, 9.17) is 4.74 Å². The van der Waals surface area contributed by atoms with Gasteiger partial charge in [0.15, 0.2) is 0 Å². The molecule has 0 saturated heterocycles. The molecule has 1 heterocycles. The number of methoxy groups -OCH3 is 1. The SMILES string of the molecule is COc1cccc(N2C(=O)C(Nc3ccc(C)cc3C)=C(c3ccc(C)c(C)c3)C2=O)c1. The van der Waals surface area contributed by atoms with E-state index in [1.165, 1.54) is 4.90 Å². The zero-order valence-corrected chi connectivity index (χ0v) is 18.9. The molecule has 0 unspecified atom stereocenters. The third kappa shape index (κ3) is 3.78. The van der Waals surface area contributed by atoms with E-state index in [-0.39, 0.29) is 11.6 Å². The Morgan fingerprint density at radius 1 is 0.781 bits per heavy atom. The van der Waals surface area contributed by atoms with Gasteiger partial charge in [-0.2, -0.15) is 0 Å². The maximum absolute atomic E-state index is 13.6. The van der Waals surface area contributed by atoms with Gasteiger partial charge in [0.05, 0.1) is 18.4 Å². The van der Waals surface area contributed by atoms with Crippen LogP contribution in [0.25, 0.3) is 5.57 Å². The molecule has 0 aromatic heterocycles. The third-order valence-electron chi connectivity index (χ3n) is 5.83. The van der Waals surface area contributed by atoms with Gasteiger partial charge in [0.2, 0.25) is 0 Å². The fraction of sp³-hybridized carbons (Fsp3) is 0.185. The Kier molecular flexibility index (Phi) is 5.57. The summed E-state index contributed by atoms with van der Waals surface area (Å²) in [5, 5.41) is 3.26. The largest absolute Gasteiger partial charge is 0.497 e. The van der Waals surface area contributed by atoms with Crippen LogP contribution in [0.15, 0.2) is 66.4 Å². The van der Waals surface area contributed by atoms with Gasteiger partial charge in [-0.25, -0.2) is 4.90 Å². The van der Waals surface area contributed by atoms with Crippen molar-refractivity contribution in [3.63, 3.8) is 0 Å². The lowest BCUT2D eigenvalue weighted by molar-refractivity contribution is -0.120. The van der Waals surface area contributed by atoms with Gasteiger partial charge in [-0.3, -0.25) is 9.59 Å². The molecule has 0 bridgehead atoms. The van der Waals surface area contributed by atoms with Crippen LogP contribution in [0.2, 0.25) is 0 Å². The van der Waals surface area contributed by atoms with Crippen molar-refractivity contribution in [1.82, 2.24) is 0 Å². The van der Waals surface area contributed by atoms with E-state index in [0.29, 0.717) is 22.6 Å². The second-order valence-corrected chi connectivity index (χ2v) is 8.14. The lowest BCUT2D eigenvalue weighted by atomic mass is 9.99. The van der Waals surface area contributed by atoms with Crippen molar-refractivity contribution in [2.24, 2.45) is 0 Å². The van der Waals surface area contributed by atoms with Crippen LogP contribution >= 0.6 is 0 Å². The predicted molar refractivity (Wildman–Crippen MR) is 128 cm³/mol. The van der Waals surface area contributed by atoms with E-state index in [2.05, 4.69) is 5.32 Å². The highest BCUT2D eigenvalue weighted by Gasteiger charge is 2.40. The minimum atomic E-state index is -0.392. The first-order valence-corrected chi connectivity index (χ1v) is 10.5. The molecular formula is C27H26N2O3. The Hall–Kier alpha value is -3.86. The number of amides is 2. The maximum Gasteiger partial charge on any atom is 0.282 e. The number of nitrogens with one attached hydrogen (secondary N) is 1. The summed E-state index contributed by atoms with van der Waals surface area (Å²) in [6, 6.07) is 18.7. The molecule has 162 valence electrons. The summed E-state index contributed by atoms with van der Waals surface area (Å²) >= 11 is 0. The van der Waals surface area contributed by atoms with E-state index in [1.54, 1.807) is 31.4 Å². The first-order valence-electron chi connectivity index (χ1n) is 10.5. The van der Waals surface area contributed by atoms with Crippen molar-refractivity contribution < 1.29 is 14.3 Å². The molecule has 0 spiro atoms. The number of hydrogen-bond donors (Lipinski definition) is 1. The molecular weight excluding hydrogens is 400 g/mol. The summed E-state index contributed by atoms with van der Waals surface area (Å²) in [4.78, 5) is 28.4. The normalized spacial score (nSPS) is 13.7. The van der Waals surface area contributed by atoms with Crippen LogP contribution in [0.3, 0.4) is 0 Å². The van der Waals surface area contributed by atoms with E-state index in [1.807, 2.05) is 64.1 Å². The van der Waals surface area contributed by atoms with Crippen molar-refractivity contribution in [3.05, 3.63) is 94.2 Å². The monoisotopic (exact) mass is 426 g/mol. The number of benzene rings is 3. The molecule has 1 aliphatic rings. The molecule has 0 radical (unpaired) electrons. The Balaban J connectivity index is 1.86. The summed E-state index contributed by atoms with van der Waals surface area (Å²) in [7, 11) is 1.55. The number of anilines is 2. The highest BCUT2D eigenvalue weighted by Crippen LogP contribution is 2.36. The molecule has 3 aromatic carbocycles. The highest BCUT2D eigenvalue weighted by atomic mass is 16.5. The Bertz CT molecular complexity index is 1270. The zero-order valence-electron chi connectivity index (χ0n) is 18.9. The van der Waals surface area contributed by atoms with E-state index in [0.717, 1.165) is 27.9 Å². The fourth-order valence-electron chi connectivity index (χ4n) is 3.88. The second kappa shape index (κ2) is 8.35. The molecule has 3 aromatic rings. The van der Waals surface area contributed by atoms with E-state index >= 15 is 0 Å². The number of carbonyl (C=O) groups excluding carboxylic acids is 2. The summed E-state index contributed by atoms with van der Waals surface area (Å²) < 4.78 is 5.30. The molecule has 0 aliphatic carbocycles. The van der Waals surface area contributed by atoms with Gasteiger partial charge in [0.1, 0.15) is 11.4 Å². The van der Waals surface area contributed by atoms with Crippen molar-refractivity contribution in [1.29, 1.82) is 0 Å². The molecule has 0 fully saturated rings. The molecule has 0 saturated carbocycles. The number of nitrogens with zero attached hydrogens (tertiary/aromatic N) is 1.